The molecule has 12 heteroatoms. The van der Waals surface area contributed by atoms with E-state index in [0.717, 1.165) is 32.9 Å². The van der Waals surface area contributed by atoms with E-state index >= 15 is 0 Å². The van der Waals surface area contributed by atoms with Crippen LogP contribution in [-0.2, 0) is 34.1 Å². The van der Waals surface area contributed by atoms with Gasteiger partial charge in [-0.15, -0.1) is 11.3 Å². The highest BCUT2D eigenvalue weighted by Crippen LogP contribution is 2.33. The average Bonchev–Trinajstić information content (AvgIpc) is 3.54. The van der Waals surface area contributed by atoms with Gasteiger partial charge in [0.2, 0.25) is 22.7 Å². The number of fused-ring (bicyclic) bond motifs is 1. The maximum Gasteiger partial charge on any atom is 0.416 e. The minimum absolute atomic E-state index is 0.0405. The third-order valence-electron chi connectivity index (χ3n) is 5.77. The molecular formula is C26H27F3N2O5S2. The zero-order valence-electron chi connectivity index (χ0n) is 20.8. The van der Waals surface area contributed by atoms with Crippen molar-refractivity contribution in [1.29, 1.82) is 0 Å². The molecule has 3 aromatic rings. The van der Waals surface area contributed by atoms with Gasteiger partial charge in [-0.3, -0.25) is 4.79 Å². The van der Waals surface area contributed by atoms with Crippen molar-refractivity contribution in [2.75, 3.05) is 19.9 Å². The number of amides is 1. The smallest absolute Gasteiger partial charge is 0.416 e. The first-order chi connectivity index (χ1) is 17.9. The highest BCUT2D eigenvalue weighted by atomic mass is 32.2. The van der Waals surface area contributed by atoms with Crippen molar-refractivity contribution in [1.82, 2.24) is 9.21 Å². The first kappa shape index (κ1) is 27.9. The van der Waals surface area contributed by atoms with Gasteiger partial charge in [-0.05, 0) is 53.3 Å². The SMILES string of the molecule is CC(C)CN(CC(=O)N(Cc1ccc2c(c1)OCO2)Cc1cccs1)S(=O)(=O)c1cccc(C(F)(F)F)c1. The molecule has 0 atom stereocenters. The molecule has 204 valence electrons. The molecule has 1 amide bonds. The van der Waals surface area contributed by atoms with E-state index in [9.17, 15) is 26.4 Å². The normalized spacial score (nSPS) is 13.3. The molecule has 1 aliphatic heterocycles. The molecule has 38 heavy (non-hydrogen) atoms. The summed E-state index contributed by atoms with van der Waals surface area (Å²) >= 11 is 1.46. The van der Waals surface area contributed by atoms with Crippen molar-refractivity contribution in [3.05, 3.63) is 76.0 Å². The molecule has 1 aromatic heterocycles. The van der Waals surface area contributed by atoms with Gasteiger partial charge in [-0.1, -0.05) is 32.0 Å². The van der Waals surface area contributed by atoms with Crippen molar-refractivity contribution in [3.8, 4) is 11.5 Å². The summed E-state index contributed by atoms with van der Waals surface area (Å²) in [5.41, 5.74) is -0.313. The number of benzene rings is 2. The lowest BCUT2D eigenvalue weighted by atomic mass is 10.2. The predicted octanol–water partition coefficient (Wildman–Crippen LogP) is 5.37. The van der Waals surface area contributed by atoms with Crippen LogP contribution in [0.25, 0.3) is 0 Å². The van der Waals surface area contributed by atoms with Crippen molar-refractivity contribution in [3.63, 3.8) is 0 Å². The highest BCUT2D eigenvalue weighted by molar-refractivity contribution is 7.89. The van der Waals surface area contributed by atoms with Crippen LogP contribution in [0.15, 0.2) is 64.9 Å². The molecule has 7 nitrogen and oxygen atoms in total. The van der Waals surface area contributed by atoms with Crippen LogP contribution in [0.5, 0.6) is 11.5 Å². The van der Waals surface area contributed by atoms with Crippen LogP contribution in [0.3, 0.4) is 0 Å². The minimum Gasteiger partial charge on any atom is -0.454 e. The van der Waals surface area contributed by atoms with Crippen LogP contribution in [-0.4, -0.2) is 43.4 Å². The molecule has 0 aliphatic carbocycles. The van der Waals surface area contributed by atoms with Crippen LogP contribution in [0.4, 0.5) is 13.2 Å². The monoisotopic (exact) mass is 568 g/mol. The Bertz CT molecular complexity index is 1380. The Morgan fingerprint density at radius 2 is 1.79 bits per heavy atom. The average molecular weight is 569 g/mol. The van der Waals surface area contributed by atoms with E-state index in [0.29, 0.717) is 17.6 Å². The molecule has 0 radical (unpaired) electrons. The summed E-state index contributed by atoms with van der Waals surface area (Å²) in [4.78, 5) is 15.5. The first-order valence-electron chi connectivity index (χ1n) is 11.8. The summed E-state index contributed by atoms with van der Waals surface area (Å²) in [5, 5.41) is 1.88. The van der Waals surface area contributed by atoms with Crippen LogP contribution in [0.2, 0.25) is 0 Å². The van der Waals surface area contributed by atoms with Gasteiger partial charge in [0.25, 0.3) is 0 Å². The summed E-state index contributed by atoms with van der Waals surface area (Å²) in [7, 11) is -4.40. The quantitative estimate of drug-likeness (QED) is 0.329. The molecule has 2 heterocycles. The first-order valence-corrected chi connectivity index (χ1v) is 14.1. The van der Waals surface area contributed by atoms with E-state index in [2.05, 4.69) is 0 Å². The molecule has 4 rings (SSSR count). The van der Waals surface area contributed by atoms with Gasteiger partial charge in [0.1, 0.15) is 0 Å². The molecule has 0 saturated heterocycles. The molecule has 0 saturated carbocycles. The Morgan fingerprint density at radius 3 is 2.47 bits per heavy atom. The van der Waals surface area contributed by atoms with Gasteiger partial charge in [-0.25, -0.2) is 8.42 Å². The second-order valence-electron chi connectivity index (χ2n) is 9.23. The number of sulfonamides is 1. The Balaban J connectivity index is 1.61. The van der Waals surface area contributed by atoms with Crippen LogP contribution in [0, 0.1) is 5.92 Å². The molecular weight excluding hydrogens is 541 g/mol. The Kier molecular flexibility index (Phi) is 8.34. The fourth-order valence-electron chi connectivity index (χ4n) is 3.97. The predicted molar refractivity (Wildman–Crippen MR) is 136 cm³/mol. The van der Waals surface area contributed by atoms with Crippen LogP contribution < -0.4 is 9.47 Å². The van der Waals surface area contributed by atoms with Gasteiger partial charge in [0.15, 0.2) is 11.5 Å². The zero-order valence-corrected chi connectivity index (χ0v) is 22.4. The lowest BCUT2D eigenvalue weighted by molar-refractivity contribution is -0.137. The van der Waals surface area contributed by atoms with E-state index in [1.807, 2.05) is 17.5 Å². The number of nitrogens with zero attached hydrogens (tertiary/aromatic N) is 2. The van der Waals surface area contributed by atoms with E-state index < -0.39 is 39.1 Å². The fraction of sp³-hybridized carbons (Fsp3) is 0.346. The maximum absolute atomic E-state index is 13.6. The maximum atomic E-state index is 13.6. The number of ether oxygens (including phenoxy) is 2. The van der Waals surface area contributed by atoms with Crippen molar-refractivity contribution >= 4 is 27.3 Å². The van der Waals surface area contributed by atoms with Crippen LogP contribution in [0.1, 0.15) is 29.9 Å². The molecule has 0 unspecified atom stereocenters. The second-order valence-corrected chi connectivity index (χ2v) is 12.2. The molecule has 0 bridgehead atoms. The van der Waals surface area contributed by atoms with Crippen molar-refractivity contribution in [2.45, 2.75) is 38.0 Å². The van der Waals surface area contributed by atoms with Gasteiger partial charge in [0.05, 0.1) is 23.5 Å². The molecule has 2 aromatic carbocycles. The number of hydrogen-bond donors (Lipinski definition) is 0. The number of halogens is 3. The number of rotatable bonds is 10. The second kappa shape index (κ2) is 11.3. The topological polar surface area (TPSA) is 76.2 Å². The third kappa shape index (κ3) is 6.66. The Morgan fingerprint density at radius 1 is 1.03 bits per heavy atom. The Hall–Kier alpha value is -3.09. The zero-order chi connectivity index (χ0) is 27.5. The number of thiophene rings is 1. The molecule has 0 N–H and O–H groups in total. The van der Waals surface area contributed by atoms with Gasteiger partial charge < -0.3 is 14.4 Å². The molecule has 0 fully saturated rings. The van der Waals surface area contributed by atoms with Crippen LogP contribution >= 0.6 is 11.3 Å². The number of alkyl halides is 3. The summed E-state index contributed by atoms with van der Waals surface area (Å²) in [6, 6.07) is 12.6. The number of hydrogen-bond acceptors (Lipinski definition) is 6. The van der Waals surface area contributed by atoms with E-state index in [1.165, 1.54) is 16.2 Å². The fourth-order valence-corrected chi connectivity index (χ4v) is 6.29. The minimum atomic E-state index is -4.70. The lowest BCUT2D eigenvalue weighted by Gasteiger charge is -2.28. The third-order valence-corrected chi connectivity index (χ3v) is 8.44. The van der Waals surface area contributed by atoms with Crippen molar-refractivity contribution in [2.24, 2.45) is 5.92 Å². The summed E-state index contributed by atoms with van der Waals surface area (Å²) in [6.45, 7) is 3.50. The number of carbonyl (C=O) groups is 1. The van der Waals surface area contributed by atoms with E-state index in [-0.39, 0.29) is 32.3 Å². The largest absolute Gasteiger partial charge is 0.454 e. The van der Waals surface area contributed by atoms with E-state index in [1.54, 1.807) is 32.0 Å². The summed E-state index contributed by atoms with van der Waals surface area (Å²) in [6.07, 6.45) is -4.70. The van der Waals surface area contributed by atoms with Gasteiger partial charge >= 0.3 is 6.18 Å². The van der Waals surface area contributed by atoms with Gasteiger partial charge in [0, 0.05) is 18.0 Å². The van der Waals surface area contributed by atoms with E-state index in [4.69, 9.17) is 9.47 Å². The molecule has 0 spiro atoms. The van der Waals surface area contributed by atoms with Crippen molar-refractivity contribution < 1.29 is 35.9 Å². The lowest BCUT2D eigenvalue weighted by Crippen LogP contribution is -2.43. The standard InChI is InChI=1S/C26H27F3N2O5S2/c1-18(2)13-31(38(33,34)22-7-3-5-20(12-22)26(27,28)29)16-25(32)30(15-21-6-4-10-37-21)14-19-8-9-23-24(11-19)36-17-35-23/h3-12,18H,13-17H2,1-2H3. The highest BCUT2D eigenvalue weighted by Gasteiger charge is 2.34. The Labute approximate surface area is 223 Å². The molecule has 1 aliphatic rings. The summed E-state index contributed by atoms with van der Waals surface area (Å²) < 4.78 is 78.5. The van der Waals surface area contributed by atoms with Gasteiger partial charge in [-0.2, -0.15) is 17.5 Å². The summed E-state index contributed by atoms with van der Waals surface area (Å²) in [5.74, 6) is 0.495. The number of carbonyl (C=O) groups excluding carboxylic acids is 1.